The molecule has 1 aliphatic heterocycles. The van der Waals surface area contributed by atoms with Gasteiger partial charge in [-0.05, 0) is 44.2 Å². The number of hydrogen-bond donors (Lipinski definition) is 0. The number of nitrogens with zero attached hydrogens (tertiary/aromatic N) is 1. The van der Waals surface area contributed by atoms with Crippen molar-refractivity contribution < 1.29 is 18.7 Å². The van der Waals surface area contributed by atoms with Crippen LogP contribution in [0.1, 0.15) is 48.4 Å². The van der Waals surface area contributed by atoms with Gasteiger partial charge < -0.3 is 14.1 Å². The van der Waals surface area contributed by atoms with Gasteiger partial charge in [0.1, 0.15) is 11.8 Å². The summed E-state index contributed by atoms with van der Waals surface area (Å²) >= 11 is 0. The van der Waals surface area contributed by atoms with E-state index < -0.39 is 6.04 Å². The maximum absolute atomic E-state index is 12.8. The predicted molar refractivity (Wildman–Crippen MR) is 75.8 cm³/mol. The number of carbonyl (C=O) groups excluding carboxylic acids is 2. The highest BCUT2D eigenvalue weighted by atomic mass is 16.5. The molecule has 5 nitrogen and oxygen atoms in total. The Morgan fingerprint density at radius 3 is 2.71 bits per heavy atom. The van der Waals surface area contributed by atoms with Crippen LogP contribution in [0, 0.1) is 12.8 Å². The molecule has 1 aromatic rings. The van der Waals surface area contributed by atoms with Crippen LogP contribution >= 0.6 is 0 Å². The molecule has 0 bridgehead atoms. The zero-order chi connectivity index (χ0) is 15.0. The highest BCUT2D eigenvalue weighted by molar-refractivity contribution is 5.95. The van der Waals surface area contributed by atoms with E-state index in [2.05, 4.69) is 0 Å². The minimum Gasteiger partial charge on any atom is -0.467 e. The first-order valence-electron chi connectivity index (χ1n) is 7.58. The lowest BCUT2D eigenvalue weighted by atomic mass is 9.84. The minimum atomic E-state index is -0.471. The quantitative estimate of drug-likeness (QED) is 0.786. The Kier molecular flexibility index (Phi) is 3.74. The number of carbonyl (C=O) groups is 2. The summed E-state index contributed by atoms with van der Waals surface area (Å²) in [5.74, 6) is 0.914. The average molecular weight is 291 g/mol. The summed E-state index contributed by atoms with van der Waals surface area (Å²) in [6.07, 6.45) is 5.04. The molecule has 5 heteroatoms. The third-order valence-electron chi connectivity index (χ3n) is 4.75. The van der Waals surface area contributed by atoms with Crippen molar-refractivity contribution in [2.24, 2.45) is 5.92 Å². The van der Waals surface area contributed by atoms with E-state index in [1.807, 2.05) is 6.92 Å². The van der Waals surface area contributed by atoms with E-state index >= 15 is 0 Å². The van der Waals surface area contributed by atoms with Gasteiger partial charge in [-0.15, -0.1) is 0 Å². The highest BCUT2D eigenvalue weighted by Crippen LogP contribution is 2.40. The third kappa shape index (κ3) is 2.45. The Hall–Kier alpha value is -1.78. The number of methoxy groups -OCH3 is 1. The van der Waals surface area contributed by atoms with E-state index in [4.69, 9.17) is 9.15 Å². The van der Waals surface area contributed by atoms with Crippen LogP contribution in [0.25, 0.3) is 0 Å². The molecule has 0 spiro atoms. The fourth-order valence-corrected chi connectivity index (χ4v) is 3.78. The maximum atomic E-state index is 12.8. The Labute approximate surface area is 124 Å². The number of rotatable bonds is 2. The van der Waals surface area contributed by atoms with Crippen molar-refractivity contribution in [2.75, 3.05) is 7.11 Å². The Balaban J connectivity index is 1.90. The maximum Gasteiger partial charge on any atom is 0.328 e. The van der Waals surface area contributed by atoms with Crippen LogP contribution in [0.5, 0.6) is 0 Å². The van der Waals surface area contributed by atoms with Gasteiger partial charge in [0, 0.05) is 6.04 Å². The van der Waals surface area contributed by atoms with Crippen LogP contribution in [0.4, 0.5) is 0 Å². The number of hydrogen-bond acceptors (Lipinski definition) is 4. The van der Waals surface area contributed by atoms with Gasteiger partial charge in [-0.3, -0.25) is 4.79 Å². The van der Waals surface area contributed by atoms with Crippen molar-refractivity contribution in [3.8, 4) is 0 Å². The molecule has 1 saturated heterocycles. The van der Waals surface area contributed by atoms with Gasteiger partial charge in [-0.2, -0.15) is 0 Å². The summed E-state index contributed by atoms with van der Waals surface area (Å²) in [6.45, 7) is 1.81. The van der Waals surface area contributed by atoms with Crippen molar-refractivity contribution in [3.63, 3.8) is 0 Å². The number of fused-ring (bicyclic) bond motifs is 1. The highest BCUT2D eigenvalue weighted by Gasteiger charge is 2.48. The van der Waals surface area contributed by atoms with E-state index in [-0.39, 0.29) is 17.9 Å². The zero-order valence-corrected chi connectivity index (χ0v) is 12.5. The monoisotopic (exact) mass is 291 g/mol. The lowest BCUT2D eigenvalue weighted by Gasteiger charge is -2.32. The Morgan fingerprint density at radius 1 is 1.29 bits per heavy atom. The molecule has 1 aromatic heterocycles. The van der Waals surface area contributed by atoms with E-state index in [1.165, 1.54) is 13.5 Å². The number of aryl methyl sites for hydroxylation is 1. The van der Waals surface area contributed by atoms with Crippen molar-refractivity contribution in [3.05, 3.63) is 23.7 Å². The second-order valence-corrected chi connectivity index (χ2v) is 6.01. The molecule has 21 heavy (non-hydrogen) atoms. The van der Waals surface area contributed by atoms with Crippen molar-refractivity contribution in [2.45, 2.75) is 51.1 Å². The molecular formula is C16H21NO4. The van der Waals surface area contributed by atoms with Crippen molar-refractivity contribution >= 4 is 11.9 Å². The van der Waals surface area contributed by atoms with Gasteiger partial charge >= 0.3 is 5.97 Å². The number of esters is 1. The molecule has 0 N–H and O–H groups in total. The molecule has 1 saturated carbocycles. The smallest absolute Gasteiger partial charge is 0.328 e. The zero-order valence-electron chi connectivity index (χ0n) is 12.5. The van der Waals surface area contributed by atoms with E-state index in [9.17, 15) is 9.59 Å². The van der Waals surface area contributed by atoms with Gasteiger partial charge in [-0.25, -0.2) is 4.79 Å². The van der Waals surface area contributed by atoms with Gasteiger partial charge in [0.05, 0.1) is 7.11 Å². The summed E-state index contributed by atoms with van der Waals surface area (Å²) in [6, 6.07) is 3.12. The summed E-state index contributed by atoms with van der Waals surface area (Å²) in [7, 11) is 1.38. The predicted octanol–water partition coefficient (Wildman–Crippen LogP) is 2.53. The fourth-order valence-electron chi connectivity index (χ4n) is 3.78. The summed E-state index contributed by atoms with van der Waals surface area (Å²) in [5, 5.41) is 0. The van der Waals surface area contributed by atoms with Gasteiger partial charge in [0.15, 0.2) is 5.76 Å². The summed E-state index contributed by atoms with van der Waals surface area (Å²) < 4.78 is 10.4. The van der Waals surface area contributed by atoms with Crippen LogP contribution in [0.15, 0.2) is 16.5 Å². The molecule has 1 amide bonds. The van der Waals surface area contributed by atoms with Gasteiger partial charge in [0.25, 0.3) is 5.91 Å². The van der Waals surface area contributed by atoms with E-state index in [0.717, 1.165) is 19.3 Å². The van der Waals surface area contributed by atoms with Crippen LogP contribution < -0.4 is 0 Å². The largest absolute Gasteiger partial charge is 0.467 e. The first kappa shape index (κ1) is 14.2. The fraction of sp³-hybridized carbons (Fsp3) is 0.625. The topological polar surface area (TPSA) is 59.8 Å². The molecule has 2 heterocycles. The number of amides is 1. The second-order valence-electron chi connectivity index (χ2n) is 6.01. The van der Waals surface area contributed by atoms with Crippen LogP contribution in [0.2, 0.25) is 0 Å². The minimum absolute atomic E-state index is 0.140. The Morgan fingerprint density at radius 2 is 2.05 bits per heavy atom. The van der Waals surface area contributed by atoms with Crippen LogP contribution in [-0.2, 0) is 9.53 Å². The molecule has 0 radical (unpaired) electrons. The van der Waals surface area contributed by atoms with Gasteiger partial charge in [0.2, 0.25) is 0 Å². The molecule has 0 aromatic carbocycles. The Bertz CT molecular complexity index is 550. The third-order valence-corrected chi connectivity index (χ3v) is 4.75. The second kappa shape index (κ2) is 5.54. The average Bonchev–Trinajstić information content (AvgIpc) is 3.09. The molecule has 2 fully saturated rings. The van der Waals surface area contributed by atoms with Crippen molar-refractivity contribution in [1.82, 2.24) is 4.90 Å². The van der Waals surface area contributed by atoms with Crippen LogP contribution in [-0.4, -0.2) is 36.0 Å². The van der Waals surface area contributed by atoms with Crippen LogP contribution in [0.3, 0.4) is 0 Å². The van der Waals surface area contributed by atoms with E-state index in [0.29, 0.717) is 23.9 Å². The molecule has 3 unspecified atom stereocenters. The molecule has 3 rings (SSSR count). The lowest BCUT2D eigenvalue weighted by Crippen LogP contribution is -2.46. The normalized spacial score (nSPS) is 28.3. The SMILES string of the molecule is COC(=O)C1CC2CCCCC2N1C(=O)c1ccc(C)o1. The van der Waals surface area contributed by atoms with Crippen molar-refractivity contribution in [1.29, 1.82) is 0 Å². The first-order chi connectivity index (χ1) is 10.1. The lowest BCUT2D eigenvalue weighted by molar-refractivity contribution is -0.145. The molecule has 114 valence electrons. The number of likely N-dealkylation sites (tertiary alicyclic amines) is 1. The standard InChI is InChI=1S/C16H21NO4/c1-10-7-8-14(21-10)15(18)17-12-6-4-3-5-11(12)9-13(17)16(19)20-2/h7-8,11-13H,3-6,9H2,1-2H3. The summed E-state index contributed by atoms with van der Waals surface area (Å²) in [5.41, 5.74) is 0. The molecular weight excluding hydrogens is 270 g/mol. The number of ether oxygens (including phenoxy) is 1. The molecule has 1 aliphatic carbocycles. The van der Waals surface area contributed by atoms with E-state index in [1.54, 1.807) is 17.0 Å². The van der Waals surface area contributed by atoms with Gasteiger partial charge in [-0.1, -0.05) is 12.8 Å². The molecule has 3 atom stereocenters. The summed E-state index contributed by atoms with van der Waals surface area (Å²) in [4.78, 5) is 26.5. The molecule has 2 aliphatic rings. The number of furan rings is 1. The first-order valence-corrected chi connectivity index (χ1v) is 7.58.